The monoisotopic (exact) mass is 699 g/mol. The Morgan fingerprint density at radius 1 is 0.949 bits per heavy atom. The van der Waals surface area contributed by atoms with Gasteiger partial charge in [-0.1, -0.05) is 110 Å². The lowest BCUT2D eigenvalue weighted by molar-refractivity contribution is -0.132. The molecule has 0 spiro atoms. The molecular formula is C26H14BrCl4N3O3S2. The highest BCUT2D eigenvalue weighted by Crippen LogP contribution is 2.45. The van der Waals surface area contributed by atoms with Crippen molar-refractivity contribution < 1.29 is 14.7 Å². The van der Waals surface area contributed by atoms with Gasteiger partial charge in [-0.3, -0.25) is 14.5 Å². The highest BCUT2D eigenvalue weighted by molar-refractivity contribution is 9.10. The molecule has 1 saturated heterocycles. The zero-order chi connectivity index (χ0) is 27.8. The van der Waals surface area contributed by atoms with Gasteiger partial charge < -0.3 is 5.11 Å². The van der Waals surface area contributed by atoms with Crippen molar-refractivity contribution in [2.45, 2.75) is 16.1 Å². The molecular weight excluding hydrogens is 688 g/mol. The molecule has 0 bridgehead atoms. The Bertz CT molecular complexity index is 1650. The molecule has 3 aromatic carbocycles. The first-order valence-corrected chi connectivity index (χ1v) is 15.2. The minimum absolute atomic E-state index is 0.0990. The van der Waals surface area contributed by atoms with Crippen LogP contribution in [0.5, 0.6) is 0 Å². The molecule has 1 fully saturated rings. The van der Waals surface area contributed by atoms with E-state index in [1.165, 1.54) is 16.7 Å². The summed E-state index contributed by atoms with van der Waals surface area (Å²) in [6, 6.07) is 15.7. The molecule has 198 valence electrons. The molecule has 1 aliphatic rings. The lowest BCUT2D eigenvalue weighted by Gasteiger charge is -2.22. The third kappa shape index (κ3) is 5.86. The van der Waals surface area contributed by atoms with Crippen LogP contribution in [0.3, 0.4) is 0 Å². The van der Waals surface area contributed by atoms with E-state index < -0.39 is 17.7 Å². The molecule has 0 aliphatic carbocycles. The average Bonchev–Trinajstić information content (AvgIpc) is 3.47. The minimum Gasteiger partial charge on any atom is -0.507 e. The fourth-order valence-electron chi connectivity index (χ4n) is 3.93. The van der Waals surface area contributed by atoms with Crippen molar-refractivity contribution in [3.05, 3.63) is 107 Å². The molecule has 6 nitrogen and oxygen atoms in total. The zero-order valence-corrected chi connectivity index (χ0v) is 25.6. The van der Waals surface area contributed by atoms with E-state index in [2.05, 4.69) is 26.1 Å². The number of hydrogen-bond donors (Lipinski definition) is 1. The third-order valence-electron chi connectivity index (χ3n) is 5.79. The number of thioether (sulfide) groups is 1. The molecule has 1 atom stereocenters. The molecule has 1 aromatic heterocycles. The summed E-state index contributed by atoms with van der Waals surface area (Å²) in [6.45, 7) is 0. The summed E-state index contributed by atoms with van der Waals surface area (Å²) in [7, 11) is 0. The number of amides is 1. The van der Waals surface area contributed by atoms with Crippen LogP contribution in [-0.2, 0) is 15.3 Å². The fourth-order valence-corrected chi connectivity index (χ4v) is 6.92. The Balaban J connectivity index is 1.55. The number of rotatable bonds is 6. The van der Waals surface area contributed by atoms with Gasteiger partial charge in [0.15, 0.2) is 4.34 Å². The van der Waals surface area contributed by atoms with Crippen LogP contribution >= 0.6 is 85.4 Å². The molecule has 1 N–H and O–H groups in total. The molecule has 2 heterocycles. The minimum atomic E-state index is -1.01. The number of aliphatic hydroxyl groups is 1. The van der Waals surface area contributed by atoms with Crippen molar-refractivity contribution in [2.75, 3.05) is 4.90 Å². The summed E-state index contributed by atoms with van der Waals surface area (Å²) in [6.07, 6.45) is 0. The van der Waals surface area contributed by atoms with Gasteiger partial charge in [0.2, 0.25) is 5.13 Å². The van der Waals surface area contributed by atoms with Crippen LogP contribution in [0.4, 0.5) is 5.13 Å². The summed E-state index contributed by atoms with van der Waals surface area (Å²) in [5.41, 5.74) is 1.60. The van der Waals surface area contributed by atoms with Gasteiger partial charge in [-0.05, 0) is 47.5 Å². The van der Waals surface area contributed by atoms with Gasteiger partial charge in [0.05, 0.1) is 21.7 Å². The Kier molecular flexibility index (Phi) is 8.59. The summed E-state index contributed by atoms with van der Waals surface area (Å²) in [4.78, 5) is 27.9. The quantitative estimate of drug-likeness (QED) is 0.0711. The van der Waals surface area contributed by atoms with Gasteiger partial charge in [-0.25, -0.2) is 0 Å². The Hall–Kier alpha value is -2.11. The van der Waals surface area contributed by atoms with Gasteiger partial charge in [-0.15, -0.1) is 10.2 Å². The van der Waals surface area contributed by atoms with Crippen LogP contribution in [0.15, 0.2) is 75.0 Å². The number of benzene rings is 3. The smallest absolute Gasteiger partial charge is 0.301 e. The first-order valence-electron chi connectivity index (χ1n) is 11.1. The van der Waals surface area contributed by atoms with Crippen molar-refractivity contribution in [2.24, 2.45) is 0 Å². The van der Waals surface area contributed by atoms with Gasteiger partial charge in [-0.2, -0.15) is 0 Å². The lowest BCUT2D eigenvalue weighted by Crippen LogP contribution is -2.29. The summed E-state index contributed by atoms with van der Waals surface area (Å²) in [5.74, 6) is -1.54. The number of nitrogens with zero attached hydrogens (tertiary/aromatic N) is 3. The Morgan fingerprint density at radius 3 is 2.38 bits per heavy atom. The first kappa shape index (κ1) is 28.4. The van der Waals surface area contributed by atoms with Gasteiger partial charge in [0.1, 0.15) is 5.76 Å². The van der Waals surface area contributed by atoms with Crippen molar-refractivity contribution in [3.63, 3.8) is 0 Å². The van der Waals surface area contributed by atoms with Crippen molar-refractivity contribution >= 4 is 108 Å². The molecule has 1 unspecified atom stereocenters. The van der Waals surface area contributed by atoms with Crippen LogP contribution in [0, 0.1) is 0 Å². The third-order valence-corrected chi connectivity index (χ3v) is 9.75. The van der Waals surface area contributed by atoms with Crippen LogP contribution in [0.25, 0.3) is 5.76 Å². The second kappa shape index (κ2) is 11.8. The van der Waals surface area contributed by atoms with Crippen molar-refractivity contribution in [3.8, 4) is 0 Å². The Morgan fingerprint density at radius 2 is 1.69 bits per heavy atom. The molecule has 39 heavy (non-hydrogen) atoms. The van der Waals surface area contributed by atoms with Crippen LogP contribution in [-0.4, -0.2) is 27.0 Å². The Labute approximate surface area is 259 Å². The molecule has 1 amide bonds. The number of carbonyl (C=O) groups is 2. The first-order chi connectivity index (χ1) is 18.6. The number of Topliss-reactive ketones (excluding diaryl/α,β-unsaturated/α-hetero) is 1. The molecule has 0 radical (unpaired) electrons. The maximum absolute atomic E-state index is 13.4. The second-order valence-corrected chi connectivity index (χ2v) is 13.0. The highest BCUT2D eigenvalue weighted by atomic mass is 79.9. The predicted molar refractivity (Wildman–Crippen MR) is 161 cm³/mol. The van der Waals surface area contributed by atoms with Crippen molar-refractivity contribution in [1.82, 2.24) is 10.2 Å². The number of ketones is 1. The van der Waals surface area contributed by atoms with E-state index in [0.717, 1.165) is 21.4 Å². The van der Waals surface area contributed by atoms with E-state index in [-0.39, 0.29) is 21.5 Å². The number of aliphatic hydroxyl groups excluding tert-OH is 1. The highest BCUT2D eigenvalue weighted by Gasteiger charge is 2.48. The maximum atomic E-state index is 13.4. The van der Waals surface area contributed by atoms with E-state index >= 15 is 0 Å². The molecule has 0 saturated carbocycles. The summed E-state index contributed by atoms with van der Waals surface area (Å²) >= 11 is 30.6. The average molecular weight is 702 g/mol. The predicted octanol–water partition coefficient (Wildman–Crippen LogP) is 8.83. The molecule has 13 heteroatoms. The van der Waals surface area contributed by atoms with E-state index in [1.807, 2.05) is 6.07 Å². The summed E-state index contributed by atoms with van der Waals surface area (Å²) < 4.78 is 1.35. The largest absolute Gasteiger partial charge is 0.507 e. The number of carbonyl (C=O) groups excluding carboxylic acids is 2. The van der Waals surface area contributed by atoms with Gasteiger partial charge in [0, 0.05) is 25.8 Å². The normalized spacial score (nSPS) is 16.7. The standard InChI is InChI=1S/C26H14BrCl4N3O3S2/c27-15-5-1-12(2-6-15)22(35)20-21(13-4-8-17(29)19(31)9-13)34(24(37)23(20)36)25-32-33-26(39-25)38-11-14-3-7-16(28)10-18(14)30/h1-10,21,35H,11H2/b22-20-. The number of anilines is 1. The SMILES string of the molecule is O=C1C(=O)N(c2nnc(SCc3ccc(Cl)cc3Cl)s2)C(c2ccc(Cl)c(Cl)c2)/C1=C(/O)c1ccc(Br)cc1. The van der Waals surface area contributed by atoms with E-state index in [9.17, 15) is 14.7 Å². The van der Waals surface area contributed by atoms with Crippen molar-refractivity contribution in [1.29, 1.82) is 0 Å². The van der Waals surface area contributed by atoms with Gasteiger partial charge >= 0.3 is 5.91 Å². The lowest BCUT2D eigenvalue weighted by atomic mass is 9.95. The van der Waals surface area contributed by atoms with Crippen LogP contribution < -0.4 is 4.90 Å². The van der Waals surface area contributed by atoms with Crippen LogP contribution in [0.1, 0.15) is 22.7 Å². The molecule has 1 aliphatic heterocycles. The number of hydrogen-bond acceptors (Lipinski definition) is 7. The second-order valence-electron chi connectivity index (χ2n) is 8.22. The van der Waals surface area contributed by atoms with E-state index in [1.54, 1.807) is 54.6 Å². The fraction of sp³-hybridized carbons (Fsp3) is 0.0769. The zero-order valence-electron chi connectivity index (χ0n) is 19.4. The maximum Gasteiger partial charge on any atom is 0.301 e. The topological polar surface area (TPSA) is 83.4 Å². The number of aromatic nitrogens is 2. The van der Waals surface area contributed by atoms with E-state index in [0.29, 0.717) is 36.3 Å². The van der Waals surface area contributed by atoms with E-state index in [4.69, 9.17) is 46.4 Å². The molecule has 5 rings (SSSR count). The van der Waals surface area contributed by atoms with Gasteiger partial charge in [0.25, 0.3) is 5.78 Å². The summed E-state index contributed by atoms with van der Waals surface area (Å²) in [5, 5.41) is 21.4. The molecule has 4 aromatic rings. The number of halogens is 5. The van der Waals surface area contributed by atoms with Crippen LogP contribution in [0.2, 0.25) is 20.1 Å².